The number of aryl methyl sites for hydroxylation is 2. The molecule has 2 aromatic heterocycles. The lowest BCUT2D eigenvalue weighted by molar-refractivity contribution is -0.141. The van der Waals surface area contributed by atoms with Crippen molar-refractivity contribution in [1.29, 1.82) is 0 Å². The lowest BCUT2D eigenvalue weighted by Crippen LogP contribution is -2.48. The number of benzene rings is 1. The van der Waals surface area contributed by atoms with Gasteiger partial charge in [-0.2, -0.15) is 0 Å². The van der Waals surface area contributed by atoms with Crippen molar-refractivity contribution in [2.45, 2.75) is 58.7 Å². The SMILES string of the molecule is Cc1cc(C(C(=O)N2C[C@H](O)C[C@H]2C(=O)NCc2ccc(-c3scnc3C)cc2)C(C)C)on1. The largest absolute Gasteiger partial charge is 0.391 e. The van der Waals surface area contributed by atoms with Crippen molar-refractivity contribution in [1.82, 2.24) is 20.4 Å². The number of thiazole rings is 1. The number of likely N-dealkylation sites (tertiary alicyclic amines) is 1. The van der Waals surface area contributed by atoms with Crippen molar-refractivity contribution >= 4 is 23.2 Å². The molecule has 34 heavy (non-hydrogen) atoms. The van der Waals surface area contributed by atoms with Gasteiger partial charge in [-0.05, 0) is 30.9 Å². The second-order valence-corrected chi connectivity index (χ2v) is 10.0. The Labute approximate surface area is 203 Å². The molecule has 4 rings (SSSR count). The van der Waals surface area contributed by atoms with Crippen LogP contribution in [0.25, 0.3) is 10.4 Å². The molecule has 0 aliphatic carbocycles. The number of rotatable bonds is 7. The van der Waals surface area contributed by atoms with E-state index in [1.165, 1.54) is 4.90 Å². The van der Waals surface area contributed by atoms with Crippen molar-refractivity contribution in [3.05, 3.63) is 58.6 Å². The maximum Gasteiger partial charge on any atom is 0.243 e. The Bertz CT molecular complexity index is 1150. The van der Waals surface area contributed by atoms with Crippen LogP contribution < -0.4 is 5.32 Å². The minimum atomic E-state index is -0.745. The summed E-state index contributed by atoms with van der Waals surface area (Å²) in [5.41, 5.74) is 5.56. The van der Waals surface area contributed by atoms with Gasteiger partial charge < -0.3 is 19.8 Å². The van der Waals surface area contributed by atoms with Crippen LogP contribution in [0.5, 0.6) is 0 Å². The Hall–Kier alpha value is -3.04. The molecule has 0 radical (unpaired) electrons. The number of nitrogens with one attached hydrogen (secondary N) is 1. The van der Waals surface area contributed by atoms with Gasteiger partial charge in [0, 0.05) is 25.6 Å². The molecule has 1 aromatic carbocycles. The molecule has 1 saturated heterocycles. The van der Waals surface area contributed by atoms with Crippen LogP contribution in [0, 0.1) is 19.8 Å². The summed E-state index contributed by atoms with van der Waals surface area (Å²) in [6.07, 6.45) is -0.535. The van der Waals surface area contributed by atoms with Gasteiger partial charge in [0.15, 0.2) is 0 Å². The summed E-state index contributed by atoms with van der Waals surface area (Å²) in [6, 6.07) is 9.01. The third kappa shape index (κ3) is 5.05. The van der Waals surface area contributed by atoms with E-state index in [1.54, 1.807) is 24.3 Å². The zero-order valence-electron chi connectivity index (χ0n) is 19.8. The highest BCUT2D eigenvalue weighted by molar-refractivity contribution is 7.13. The number of hydrogen-bond donors (Lipinski definition) is 2. The fourth-order valence-electron chi connectivity index (χ4n) is 4.41. The molecule has 8 nitrogen and oxygen atoms in total. The fraction of sp³-hybridized carbons (Fsp3) is 0.440. The number of aliphatic hydroxyl groups is 1. The summed E-state index contributed by atoms with van der Waals surface area (Å²) in [6.45, 7) is 8.10. The minimum absolute atomic E-state index is 0.0537. The van der Waals surface area contributed by atoms with E-state index in [2.05, 4.69) is 15.5 Å². The molecule has 3 aromatic rings. The van der Waals surface area contributed by atoms with Crippen molar-refractivity contribution < 1.29 is 19.2 Å². The third-order valence-electron chi connectivity index (χ3n) is 6.18. The lowest BCUT2D eigenvalue weighted by atomic mass is 9.91. The van der Waals surface area contributed by atoms with E-state index in [-0.39, 0.29) is 30.7 Å². The Morgan fingerprint density at radius 2 is 2.00 bits per heavy atom. The average Bonchev–Trinajstić information content (AvgIpc) is 3.52. The van der Waals surface area contributed by atoms with Crippen LogP contribution in [-0.4, -0.2) is 50.7 Å². The predicted octanol–water partition coefficient (Wildman–Crippen LogP) is 3.43. The Morgan fingerprint density at radius 3 is 2.59 bits per heavy atom. The maximum absolute atomic E-state index is 13.5. The van der Waals surface area contributed by atoms with E-state index in [0.29, 0.717) is 18.0 Å². The highest BCUT2D eigenvalue weighted by atomic mass is 32.1. The summed E-state index contributed by atoms with van der Waals surface area (Å²) >= 11 is 1.60. The molecule has 180 valence electrons. The maximum atomic E-state index is 13.5. The van der Waals surface area contributed by atoms with Crippen LogP contribution in [0.4, 0.5) is 0 Å². The second-order valence-electron chi connectivity index (χ2n) is 9.17. The van der Waals surface area contributed by atoms with Crippen LogP contribution in [0.2, 0.25) is 0 Å². The number of carbonyl (C=O) groups excluding carboxylic acids is 2. The number of amides is 2. The number of aliphatic hydroxyl groups excluding tert-OH is 1. The molecule has 3 atom stereocenters. The van der Waals surface area contributed by atoms with Gasteiger partial charge in [0.2, 0.25) is 11.8 Å². The minimum Gasteiger partial charge on any atom is -0.391 e. The second kappa shape index (κ2) is 10.1. The third-order valence-corrected chi connectivity index (χ3v) is 7.16. The number of nitrogens with zero attached hydrogens (tertiary/aromatic N) is 3. The number of carbonyl (C=O) groups is 2. The van der Waals surface area contributed by atoms with Gasteiger partial charge in [0.1, 0.15) is 17.7 Å². The van der Waals surface area contributed by atoms with Gasteiger partial charge in [-0.3, -0.25) is 9.59 Å². The van der Waals surface area contributed by atoms with E-state index in [9.17, 15) is 14.7 Å². The standard InChI is InChI=1S/C25H30N4O4S/c1-14(2)22(21-9-15(3)28-33-21)25(32)29-12-19(30)10-20(29)24(31)26-11-17-5-7-18(8-6-17)23-16(4)27-13-34-23/h5-9,13-14,19-20,22,30H,10-12H2,1-4H3,(H,26,31)/t19-,20+,22?/m1/s1. The van der Waals surface area contributed by atoms with Crippen molar-refractivity contribution in [3.8, 4) is 10.4 Å². The van der Waals surface area contributed by atoms with E-state index in [1.807, 2.05) is 50.5 Å². The Balaban J connectivity index is 1.43. The molecule has 3 heterocycles. The summed E-state index contributed by atoms with van der Waals surface area (Å²) in [4.78, 5) is 33.4. The zero-order chi connectivity index (χ0) is 24.4. The van der Waals surface area contributed by atoms with Crippen LogP contribution in [0.15, 0.2) is 40.4 Å². The molecular formula is C25H30N4O4S. The summed E-state index contributed by atoms with van der Waals surface area (Å²) < 4.78 is 5.38. The average molecular weight is 483 g/mol. The molecule has 1 aliphatic rings. The topological polar surface area (TPSA) is 109 Å². The smallest absolute Gasteiger partial charge is 0.243 e. The molecule has 2 N–H and O–H groups in total. The first-order valence-corrected chi connectivity index (χ1v) is 12.3. The predicted molar refractivity (Wildman–Crippen MR) is 129 cm³/mol. The quantitative estimate of drug-likeness (QED) is 0.534. The number of hydrogen-bond acceptors (Lipinski definition) is 7. The van der Waals surface area contributed by atoms with E-state index < -0.39 is 18.1 Å². The molecule has 0 saturated carbocycles. The Kier molecular flexibility index (Phi) is 7.13. The van der Waals surface area contributed by atoms with E-state index in [4.69, 9.17) is 4.52 Å². The first-order chi connectivity index (χ1) is 16.2. The number of β-amino-alcohol motifs (C(OH)–C–C–N with tert-alkyl or cyclic N) is 1. The first-order valence-electron chi connectivity index (χ1n) is 11.4. The molecule has 9 heteroatoms. The molecular weight excluding hydrogens is 452 g/mol. The molecule has 1 aliphatic heterocycles. The molecule has 0 bridgehead atoms. The highest BCUT2D eigenvalue weighted by Gasteiger charge is 2.43. The molecule has 0 spiro atoms. The molecule has 1 fully saturated rings. The van der Waals surface area contributed by atoms with Crippen LogP contribution in [-0.2, 0) is 16.1 Å². The molecule has 2 amide bonds. The van der Waals surface area contributed by atoms with Crippen LogP contribution in [0.1, 0.15) is 48.9 Å². The monoisotopic (exact) mass is 482 g/mol. The Morgan fingerprint density at radius 1 is 1.26 bits per heavy atom. The van der Waals surface area contributed by atoms with E-state index >= 15 is 0 Å². The van der Waals surface area contributed by atoms with Gasteiger partial charge in [-0.25, -0.2) is 4.98 Å². The van der Waals surface area contributed by atoms with E-state index in [0.717, 1.165) is 21.7 Å². The van der Waals surface area contributed by atoms with Crippen molar-refractivity contribution in [2.75, 3.05) is 6.54 Å². The normalized spacial score (nSPS) is 18.9. The zero-order valence-corrected chi connectivity index (χ0v) is 20.6. The summed E-state index contributed by atoms with van der Waals surface area (Å²) in [5.74, 6) is -0.642. The summed E-state index contributed by atoms with van der Waals surface area (Å²) in [5, 5.41) is 17.1. The van der Waals surface area contributed by atoms with Gasteiger partial charge in [-0.15, -0.1) is 11.3 Å². The van der Waals surface area contributed by atoms with Gasteiger partial charge in [0.05, 0.1) is 27.9 Å². The first kappa shape index (κ1) is 24.1. The van der Waals surface area contributed by atoms with Gasteiger partial charge >= 0.3 is 0 Å². The van der Waals surface area contributed by atoms with Crippen molar-refractivity contribution in [3.63, 3.8) is 0 Å². The van der Waals surface area contributed by atoms with Crippen LogP contribution in [0.3, 0.4) is 0 Å². The van der Waals surface area contributed by atoms with Crippen LogP contribution >= 0.6 is 11.3 Å². The molecule has 1 unspecified atom stereocenters. The van der Waals surface area contributed by atoms with Gasteiger partial charge in [0.25, 0.3) is 0 Å². The highest BCUT2D eigenvalue weighted by Crippen LogP contribution is 2.31. The van der Waals surface area contributed by atoms with Crippen molar-refractivity contribution in [2.24, 2.45) is 5.92 Å². The van der Waals surface area contributed by atoms with Gasteiger partial charge in [-0.1, -0.05) is 43.3 Å². The fourth-order valence-corrected chi connectivity index (χ4v) is 5.22. The summed E-state index contributed by atoms with van der Waals surface area (Å²) in [7, 11) is 0. The number of aromatic nitrogens is 2. The lowest BCUT2D eigenvalue weighted by Gasteiger charge is -2.28.